The maximum atomic E-state index is 13.0. The van der Waals surface area contributed by atoms with Crippen LogP contribution in [0.25, 0.3) is 6.08 Å². The van der Waals surface area contributed by atoms with Gasteiger partial charge < -0.3 is 19.5 Å². The number of rotatable bonds is 8. The van der Waals surface area contributed by atoms with E-state index in [1.54, 1.807) is 18.2 Å². The fourth-order valence-corrected chi connectivity index (χ4v) is 4.31. The first-order valence-corrected chi connectivity index (χ1v) is 10.7. The van der Waals surface area contributed by atoms with Gasteiger partial charge in [-0.2, -0.15) is 0 Å². The van der Waals surface area contributed by atoms with Crippen molar-refractivity contribution >= 4 is 51.9 Å². The highest BCUT2D eigenvalue weighted by atomic mass is 32.2. The smallest absolute Gasteiger partial charge is 0.266 e. The van der Waals surface area contributed by atoms with Crippen LogP contribution in [0.2, 0.25) is 0 Å². The van der Waals surface area contributed by atoms with Gasteiger partial charge in [0.2, 0.25) is 11.7 Å². The van der Waals surface area contributed by atoms with Crippen LogP contribution in [0.5, 0.6) is 17.2 Å². The van der Waals surface area contributed by atoms with Crippen molar-refractivity contribution in [1.29, 1.82) is 0 Å². The number of thiocarbonyl (C=S) groups is 1. The monoisotopic (exact) mass is 476 g/mol. The molecule has 3 rings (SSSR count). The number of nitrogens with zero attached hydrogens (tertiary/aromatic N) is 1. The summed E-state index contributed by atoms with van der Waals surface area (Å²) in [4.78, 5) is 26.8. The van der Waals surface area contributed by atoms with E-state index in [9.17, 15) is 14.0 Å². The first-order valence-electron chi connectivity index (χ1n) is 9.47. The molecule has 0 radical (unpaired) electrons. The highest BCUT2D eigenvalue weighted by Crippen LogP contribution is 2.40. The number of nitrogens with one attached hydrogen (secondary N) is 1. The van der Waals surface area contributed by atoms with Crippen molar-refractivity contribution in [1.82, 2.24) is 4.90 Å². The van der Waals surface area contributed by atoms with Gasteiger partial charge >= 0.3 is 0 Å². The Bertz CT molecular complexity index is 1050. The number of halogens is 1. The number of benzene rings is 2. The molecule has 1 fully saturated rings. The predicted molar refractivity (Wildman–Crippen MR) is 126 cm³/mol. The zero-order chi connectivity index (χ0) is 23.3. The Morgan fingerprint density at radius 2 is 1.75 bits per heavy atom. The minimum Gasteiger partial charge on any atom is -0.493 e. The van der Waals surface area contributed by atoms with Gasteiger partial charge in [0.15, 0.2) is 11.5 Å². The van der Waals surface area contributed by atoms with Crippen molar-refractivity contribution in [2.75, 3.05) is 33.2 Å². The molecule has 0 bridgehead atoms. The van der Waals surface area contributed by atoms with Gasteiger partial charge in [0, 0.05) is 18.7 Å². The van der Waals surface area contributed by atoms with Crippen LogP contribution < -0.4 is 19.5 Å². The Kier molecular flexibility index (Phi) is 7.70. The molecule has 2 aromatic carbocycles. The van der Waals surface area contributed by atoms with Gasteiger partial charge in [0.25, 0.3) is 5.91 Å². The van der Waals surface area contributed by atoms with Crippen LogP contribution in [-0.2, 0) is 9.59 Å². The van der Waals surface area contributed by atoms with Crippen LogP contribution in [0.1, 0.15) is 12.0 Å². The summed E-state index contributed by atoms with van der Waals surface area (Å²) in [5, 5.41) is 2.66. The fourth-order valence-electron chi connectivity index (χ4n) is 3.00. The van der Waals surface area contributed by atoms with Gasteiger partial charge in [-0.3, -0.25) is 14.5 Å². The molecule has 0 aliphatic carbocycles. The van der Waals surface area contributed by atoms with Gasteiger partial charge in [-0.1, -0.05) is 24.0 Å². The van der Waals surface area contributed by atoms with Crippen molar-refractivity contribution in [3.63, 3.8) is 0 Å². The normalized spacial score (nSPS) is 14.6. The molecule has 10 heteroatoms. The van der Waals surface area contributed by atoms with Crippen molar-refractivity contribution in [2.24, 2.45) is 0 Å². The zero-order valence-electron chi connectivity index (χ0n) is 17.6. The van der Waals surface area contributed by atoms with Crippen LogP contribution in [0.3, 0.4) is 0 Å². The number of anilines is 1. The molecule has 2 aromatic rings. The van der Waals surface area contributed by atoms with Crippen molar-refractivity contribution in [3.05, 3.63) is 52.7 Å². The Labute approximate surface area is 194 Å². The second-order valence-corrected chi connectivity index (χ2v) is 8.27. The third-order valence-corrected chi connectivity index (χ3v) is 5.93. The molecule has 0 aromatic heterocycles. The lowest BCUT2D eigenvalue weighted by atomic mass is 10.1. The molecule has 7 nitrogen and oxygen atoms in total. The van der Waals surface area contributed by atoms with E-state index >= 15 is 0 Å². The number of carbonyl (C=O) groups excluding carboxylic acids is 2. The predicted octanol–water partition coefficient (Wildman–Crippen LogP) is 4.08. The number of thioether (sulfide) groups is 1. The van der Waals surface area contributed by atoms with E-state index in [2.05, 4.69) is 5.32 Å². The van der Waals surface area contributed by atoms with E-state index in [1.807, 2.05) is 0 Å². The number of hydrogen-bond donors (Lipinski definition) is 1. The molecule has 0 atom stereocenters. The van der Waals surface area contributed by atoms with Crippen molar-refractivity contribution in [2.45, 2.75) is 6.42 Å². The molecule has 1 N–H and O–H groups in total. The van der Waals surface area contributed by atoms with Crippen LogP contribution >= 0.6 is 24.0 Å². The molecule has 0 spiro atoms. The molecule has 2 amide bonds. The van der Waals surface area contributed by atoms with E-state index in [4.69, 9.17) is 26.4 Å². The van der Waals surface area contributed by atoms with Gasteiger partial charge in [-0.05, 0) is 48.0 Å². The molecule has 0 unspecified atom stereocenters. The molecule has 168 valence electrons. The summed E-state index contributed by atoms with van der Waals surface area (Å²) in [7, 11) is 4.53. The Morgan fingerprint density at radius 3 is 2.31 bits per heavy atom. The van der Waals surface area contributed by atoms with Gasteiger partial charge in [0.1, 0.15) is 10.1 Å². The number of carbonyl (C=O) groups is 2. The molecule has 1 aliphatic rings. The van der Waals surface area contributed by atoms with E-state index in [0.717, 1.165) is 11.8 Å². The molecular formula is C22H21FN2O5S2. The minimum absolute atomic E-state index is 0.0429. The lowest BCUT2D eigenvalue weighted by Crippen LogP contribution is -2.31. The summed E-state index contributed by atoms with van der Waals surface area (Å²) < 4.78 is 29.3. The number of ether oxygens (including phenoxy) is 3. The van der Waals surface area contributed by atoms with E-state index < -0.39 is 0 Å². The number of methoxy groups -OCH3 is 3. The average Bonchev–Trinajstić information content (AvgIpc) is 3.05. The third-order valence-electron chi connectivity index (χ3n) is 4.55. The SMILES string of the molecule is COc1cc(C=C2SC(=S)N(CCC(=O)Nc3ccc(F)cc3)C2=O)cc(OC)c1OC. The second-order valence-electron chi connectivity index (χ2n) is 6.60. The summed E-state index contributed by atoms with van der Waals surface area (Å²) in [5.41, 5.74) is 1.15. The lowest BCUT2D eigenvalue weighted by molar-refractivity contribution is -0.122. The molecule has 32 heavy (non-hydrogen) atoms. The molecule has 0 saturated carbocycles. The summed E-state index contributed by atoms with van der Waals surface area (Å²) in [6.45, 7) is 0.129. The lowest BCUT2D eigenvalue weighted by Gasteiger charge is -2.14. The topological polar surface area (TPSA) is 77.1 Å². The van der Waals surface area contributed by atoms with Crippen LogP contribution in [0, 0.1) is 5.82 Å². The Hall–Kier alpha value is -3.11. The summed E-state index contributed by atoms with van der Waals surface area (Å²) in [6.07, 6.45) is 1.73. The quantitative estimate of drug-likeness (QED) is 0.454. The molecule has 1 saturated heterocycles. The van der Waals surface area contributed by atoms with Crippen LogP contribution in [0.4, 0.5) is 10.1 Å². The second kappa shape index (κ2) is 10.5. The highest BCUT2D eigenvalue weighted by Gasteiger charge is 2.32. The van der Waals surface area contributed by atoms with Crippen molar-refractivity contribution in [3.8, 4) is 17.2 Å². The Morgan fingerprint density at radius 1 is 1.12 bits per heavy atom. The van der Waals surface area contributed by atoms with E-state index in [-0.39, 0.29) is 30.6 Å². The maximum absolute atomic E-state index is 13.0. The molecular weight excluding hydrogens is 455 g/mol. The van der Waals surface area contributed by atoms with E-state index in [0.29, 0.717) is 37.7 Å². The summed E-state index contributed by atoms with van der Waals surface area (Å²) in [5.74, 6) is 0.394. The van der Waals surface area contributed by atoms with Gasteiger partial charge in [-0.15, -0.1) is 0 Å². The number of amides is 2. The van der Waals surface area contributed by atoms with Gasteiger partial charge in [-0.25, -0.2) is 4.39 Å². The minimum atomic E-state index is -0.389. The Balaban J connectivity index is 1.69. The fraction of sp³-hybridized carbons (Fsp3) is 0.227. The van der Waals surface area contributed by atoms with Crippen LogP contribution in [0.15, 0.2) is 41.3 Å². The maximum Gasteiger partial charge on any atom is 0.266 e. The number of hydrogen-bond acceptors (Lipinski definition) is 7. The van der Waals surface area contributed by atoms with E-state index in [1.165, 1.54) is 50.5 Å². The van der Waals surface area contributed by atoms with Gasteiger partial charge in [0.05, 0.1) is 26.2 Å². The first kappa shape index (κ1) is 23.6. The average molecular weight is 477 g/mol. The van der Waals surface area contributed by atoms with Crippen LogP contribution in [-0.4, -0.2) is 48.9 Å². The molecule has 1 aliphatic heterocycles. The van der Waals surface area contributed by atoms with Crippen molar-refractivity contribution < 1.29 is 28.2 Å². The largest absolute Gasteiger partial charge is 0.493 e. The highest BCUT2D eigenvalue weighted by molar-refractivity contribution is 8.26. The summed E-state index contributed by atoms with van der Waals surface area (Å²) >= 11 is 6.48. The molecule has 1 heterocycles. The third kappa shape index (κ3) is 5.38. The first-order chi connectivity index (χ1) is 15.4. The standard InChI is InChI=1S/C22H21FN2O5S2/c1-28-16-10-13(11-17(29-2)20(16)30-3)12-18-21(27)25(22(31)32-18)9-8-19(26)24-15-6-4-14(23)5-7-15/h4-7,10-12H,8-9H2,1-3H3,(H,24,26). The zero-order valence-corrected chi connectivity index (χ0v) is 19.3. The summed E-state index contributed by atoms with van der Waals surface area (Å²) in [6, 6.07) is 8.89.